The third-order valence-corrected chi connectivity index (χ3v) is 9.94. The highest BCUT2D eigenvalue weighted by Crippen LogP contribution is 2.55. The van der Waals surface area contributed by atoms with Crippen molar-refractivity contribution in [2.24, 2.45) is 0 Å². The Bertz CT molecular complexity index is 2940. The van der Waals surface area contributed by atoms with Crippen molar-refractivity contribution in [2.75, 3.05) is 0 Å². The maximum absolute atomic E-state index is 7.04. The zero-order chi connectivity index (χ0) is 31.3. The Balaban J connectivity index is 1.40. The van der Waals surface area contributed by atoms with Crippen LogP contribution in [-0.2, 0) is 0 Å². The molecule has 0 spiro atoms. The fraction of sp³-hybridized carbons (Fsp3) is 0. The first kappa shape index (κ1) is 25.6. The molecule has 3 aromatic heterocycles. The number of para-hydroxylation sites is 1. The van der Waals surface area contributed by atoms with Crippen molar-refractivity contribution in [1.29, 1.82) is 0 Å². The molecule has 222 valence electrons. The van der Waals surface area contributed by atoms with Crippen LogP contribution >= 0.6 is 0 Å². The van der Waals surface area contributed by atoms with Crippen LogP contribution in [0.5, 0.6) is 0 Å². The first-order valence-corrected chi connectivity index (χ1v) is 16.3. The first-order chi connectivity index (χ1) is 23.8. The van der Waals surface area contributed by atoms with E-state index >= 15 is 0 Å². The highest BCUT2D eigenvalue weighted by atomic mass is 16.3. The molecule has 0 saturated carbocycles. The van der Waals surface area contributed by atoms with Crippen molar-refractivity contribution in [1.82, 2.24) is 14.5 Å². The molecule has 0 bridgehead atoms. The first-order valence-electron chi connectivity index (χ1n) is 16.3. The molecule has 0 atom stereocenters. The highest BCUT2D eigenvalue weighted by Gasteiger charge is 2.32. The summed E-state index contributed by atoms with van der Waals surface area (Å²) < 4.78 is 9.34. The zero-order valence-electron chi connectivity index (χ0n) is 25.7. The van der Waals surface area contributed by atoms with Crippen molar-refractivity contribution in [3.63, 3.8) is 0 Å². The zero-order valence-corrected chi connectivity index (χ0v) is 25.7. The van der Waals surface area contributed by atoms with Gasteiger partial charge in [-0.3, -0.25) is 4.57 Å². The number of hydrogen-bond donors (Lipinski definition) is 0. The second kappa shape index (κ2) is 9.50. The molecule has 0 N–H and O–H groups in total. The molecule has 1 aliphatic carbocycles. The van der Waals surface area contributed by atoms with Crippen molar-refractivity contribution in [3.8, 4) is 50.8 Å². The smallest absolute Gasteiger partial charge is 0.235 e. The predicted molar refractivity (Wildman–Crippen MR) is 196 cm³/mol. The van der Waals surface area contributed by atoms with Crippen LogP contribution in [0.2, 0.25) is 0 Å². The van der Waals surface area contributed by atoms with Crippen molar-refractivity contribution in [3.05, 3.63) is 152 Å². The molecule has 0 aliphatic heterocycles. The third-order valence-electron chi connectivity index (χ3n) is 9.94. The lowest BCUT2D eigenvalue weighted by Gasteiger charge is -2.14. The summed E-state index contributed by atoms with van der Waals surface area (Å²) in [4.78, 5) is 10.7. The van der Waals surface area contributed by atoms with Crippen molar-refractivity contribution < 1.29 is 4.42 Å². The van der Waals surface area contributed by atoms with E-state index in [1.54, 1.807) is 0 Å². The second-order valence-electron chi connectivity index (χ2n) is 12.5. The molecular formula is C44H25N3O. The molecule has 0 amide bonds. The second-order valence-corrected chi connectivity index (χ2v) is 12.5. The van der Waals surface area contributed by atoms with Gasteiger partial charge in [0.25, 0.3) is 0 Å². The van der Waals surface area contributed by atoms with Gasteiger partial charge in [0.1, 0.15) is 11.3 Å². The van der Waals surface area contributed by atoms with Gasteiger partial charge in [-0.2, -0.15) is 0 Å². The topological polar surface area (TPSA) is 43.9 Å². The number of hydrogen-bond acceptors (Lipinski definition) is 3. The molecule has 0 saturated heterocycles. The molecule has 0 radical (unpaired) electrons. The fourth-order valence-corrected chi connectivity index (χ4v) is 7.98. The van der Waals surface area contributed by atoms with Crippen LogP contribution in [0.25, 0.3) is 105 Å². The lowest BCUT2D eigenvalue weighted by atomic mass is 9.92. The molecule has 48 heavy (non-hydrogen) atoms. The number of nitrogens with zero attached hydrogens (tertiary/aromatic N) is 3. The van der Waals surface area contributed by atoms with Crippen LogP contribution in [0, 0.1) is 0 Å². The largest absolute Gasteiger partial charge is 0.455 e. The van der Waals surface area contributed by atoms with Crippen LogP contribution in [0.1, 0.15) is 0 Å². The van der Waals surface area contributed by atoms with Crippen LogP contribution in [0.4, 0.5) is 0 Å². The van der Waals surface area contributed by atoms with Gasteiger partial charge in [0.2, 0.25) is 5.95 Å². The van der Waals surface area contributed by atoms with E-state index in [0.717, 1.165) is 71.8 Å². The minimum atomic E-state index is 0.649. The Kier molecular flexibility index (Phi) is 5.08. The van der Waals surface area contributed by atoms with Crippen LogP contribution in [0.3, 0.4) is 0 Å². The molecule has 10 aromatic rings. The number of aromatic nitrogens is 3. The Morgan fingerprint density at radius 1 is 0.458 bits per heavy atom. The summed E-state index contributed by atoms with van der Waals surface area (Å²) in [5.41, 5.74) is 11.7. The van der Waals surface area contributed by atoms with E-state index in [1.807, 2.05) is 6.07 Å². The average molecular weight is 612 g/mol. The minimum absolute atomic E-state index is 0.649. The van der Waals surface area contributed by atoms with Crippen LogP contribution < -0.4 is 0 Å². The molecule has 4 heteroatoms. The van der Waals surface area contributed by atoms with E-state index in [2.05, 4.69) is 150 Å². The Hall–Kier alpha value is -6.52. The van der Waals surface area contributed by atoms with Gasteiger partial charge >= 0.3 is 0 Å². The Morgan fingerprint density at radius 2 is 1.10 bits per heavy atom. The minimum Gasteiger partial charge on any atom is -0.455 e. The molecule has 0 fully saturated rings. The van der Waals surface area contributed by atoms with Gasteiger partial charge in [-0.15, -0.1) is 0 Å². The van der Waals surface area contributed by atoms with Gasteiger partial charge in [-0.05, 0) is 28.8 Å². The van der Waals surface area contributed by atoms with Gasteiger partial charge < -0.3 is 4.42 Å². The van der Waals surface area contributed by atoms with Crippen molar-refractivity contribution in [2.45, 2.75) is 0 Å². The molecule has 4 nitrogen and oxygen atoms in total. The Morgan fingerprint density at radius 3 is 1.92 bits per heavy atom. The molecular weight excluding hydrogens is 587 g/mol. The molecule has 0 unspecified atom stereocenters. The van der Waals surface area contributed by atoms with Gasteiger partial charge in [-0.25, -0.2) is 9.97 Å². The number of benzene rings is 7. The lowest BCUT2D eigenvalue weighted by molar-refractivity contribution is 0.636. The average Bonchev–Trinajstić information content (AvgIpc) is 3.69. The van der Waals surface area contributed by atoms with Gasteiger partial charge in [0, 0.05) is 49.0 Å². The standard InChI is InChI=1S/C44H25N3O/c1-3-14-26(15-4-1)40-33-22-11-12-24-34(33)45-44(46-40)47-35-25-13-23-29-28-18-7-8-19-30(28)37-39-38(36(29)35)41(47)31-20-9-10-21-32(31)43(39)48-42(37)27-16-5-2-6-17-27/h1-25H. The van der Waals surface area contributed by atoms with E-state index in [-0.39, 0.29) is 0 Å². The molecule has 7 aromatic carbocycles. The van der Waals surface area contributed by atoms with Gasteiger partial charge in [-0.1, -0.05) is 140 Å². The summed E-state index contributed by atoms with van der Waals surface area (Å²) in [5, 5.41) is 6.69. The fourth-order valence-electron chi connectivity index (χ4n) is 7.98. The van der Waals surface area contributed by atoms with E-state index in [0.29, 0.717) is 5.95 Å². The normalized spacial score (nSPS) is 12.2. The predicted octanol–water partition coefficient (Wildman–Crippen LogP) is 11.6. The number of fused-ring (bicyclic) bond motifs is 7. The summed E-state index contributed by atoms with van der Waals surface area (Å²) >= 11 is 0. The SMILES string of the molecule is c1ccc(-c2oc3c4ccccc4c4c5c3c2-c2ccccc2-c2cccc(c25)n4-c2nc(-c3ccccc3)c3ccccc3n2)cc1. The highest BCUT2D eigenvalue weighted by molar-refractivity contribution is 6.38. The molecule has 1 aliphatic rings. The maximum Gasteiger partial charge on any atom is 0.235 e. The third kappa shape index (κ3) is 3.33. The van der Waals surface area contributed by atoms with Crippen molar-refractivity contribution >= 4 is 54.5 Å². The summed E-state index contributed by atoms with van der Waals surface area (Å²) in [6.45, 7) is 0. The van der Waals surface area contributed by atoms with Crippen LogP contribution in [-0.4, -0.2) is 14.5 Å². The van der Waals surface area contributed by atoms with E-state index in [1.165, 1.54) is 27.5 Å². The van der Waals surface area contributed by atoms with E-state index in [9.17, 15) is 0 Å². The lowest BCUT2D eigenvalue weighted by Crippen LogP contribution is -2.04. The Labute approximate surface area is 275 Å². The quantitative estimate of drug-likeness (QED) is 0.200. The monoisotopic (exact) mass is 611 g/mol. The summed E-state index contributed by atoms with van der Waals surface area (Å²) in [6.07, 6.45) is 0. The summed E-state index contributed by atoms with van der Waals surface area (Å²) in [7, 11) is 0. The van der Waals surface area contributed by atoms with E-state index in [4.69, 9.17) is 14.4 Å². The van der Waals surface area contributed by atoms with Gasteiger partial charge in [0.15, 0.2) is 0 Å². The van der Waals surface area contributed by atoms with Gasteiger partial charge in [0.05, 0.1) is 22.2 Å². The maximum atomic E-state index is 7.04. The van der Waals surface area contributed by atoms with E-state index < -0.39 is 0 Å². The van der Waals surface area contributed by atoms with Crippen LogP contribution in [0.15, 0.2) is 156 Å². The molecule has 3 heterocycles. The number of furan rings is 1. The number of rotatable bonds is 3. The summed E-state index contributed by atoms with van der Waals surface area (Å²) in [5.74, 6) is 1.54. The summed E-state index contributed by atoms with van der Waals surface area (Å²) in [6, 6.07) is 53.2. The molecule has 11 rings (SSSR count).